The number of carbonyl (C=O) groups excluding carboxylic acids is 1. The van der Waals surface area contributed by atoms with Gasteiger partial charge in [0.2, 0.25) is 5.78 Å². The summed E-state index contributed by atoms with van der Waals surface area (Å²) in [6.45, 7) is 0. The van der Waals surface area contributed by atoms with Crippen LogP contribution in [0.3, 0.4) is 0 Å². The van der Waals surface area contributed by atoms with Gasteiger partial charge in [-0.15, -0.1) is 0 Å². The van der Waals surface area contributed by atoms with Gasteiger partial charge in [-0.2, -0.15) is 0 Å². The molecule has 1 aliphatic heterocycles. The molecule has 3 heterocycles. The zero-order valence-electron chi connectivity index (χ0n) is 8.92. The van der Waals surface area contributed by atoms with Gasteiger partial charge in [-0.1, -0.05) is 18.2 Å². The first kappa shape index (κ1) is 8.70. The van der Waals surface area contributed by atoms with Crippen LogP contribution in [0, 0.1) is 0 Å². The fourth-order valence-electron chi connectivity index (χ4n) is 2.48. The first-order valence-corrected chi connectivity index (χ1v) is 5.46. The minimum atomic E-state index is 0.0820. The summed E-state index contributed by atoms with van der Waals surface area (Å²) < 4.78 is 1.99. The molecule has 3 aromatic rings. The number of para-hydroxylation sites is 1. The molecule has 1 aromatic carbocycles. The quantitative estimate of drug-likeness (QED) is 0.456. The van der Waals surface area contributed by atoms with Crippen LogP contribution >= 0.6 is 0 Å². The summed E-state index contributed by atoms with van der Waals surface area (Å²) in [6, 6.07) is 11.7. The van der Waals surface area contributed by atoms with Crippen molar-refractivity contribution in [3.05, 3.63) is 60.0 Å². The van der Waals surface area contributed by atoms with Gasteiger partial charge in [0.05, 0.1) is 28.7 Å². The molecule has 0 fully saturated rings. The van der Waals surface area contributed by atoms with E-state index in [4.69, 9.17) is 0 Å². The lowest BCUT2D eigenvalue weighted by Crippen LogP contribution is -1.94. The Hall–Kier alpha value is -2.42. The maximum absolute atomic E-state index is 12.2. The van der Waals surface area contributed by atoms with Crippen LogP contribution in [0.15, 0.2) is 48.8 Å². The van der Waals surface area contributed by atoms with E-state index in [1.807, 2.05) is 34.9 Å². The number of carbonyl (C=O) groups is 1. The van der Waals surface area contributed by atoms with Crippen LogP contribution in [-0.4, -0.2) is 15.3 Å². The molecule has 0 unspecified atom stereocenters. The third-order valence-electron chi connectivity index (χ3n) is 3.23. The predicted molar refractivity (Wildman–Crippen MR) is 64.5 cm³/mol. The highest BCUT2D eigenvalue weighted by molar-refractivity contribution is 6.16. The Labute approximate surface area is 97.3 Å². The van der Waals surface area contributed by atoms with Gasteiger partial charge in [0, 0.05) is 11.6 Å². The molecule has 0 radical (unpaired) electrons. The lowest BCUT2D eigenvalue weighted by Gasteiger charge is -2.02. The number of rotatable bonds is 0. The largest absolute Gasteiger partial charge is 0.304 e. The molecule has 0 aliphatic carbocycles. The summed E-state index contributed by atoms with van der Waals surface area (Å²) >= 11 is 0. The number of hydrogen-bond acceptors (Lipinski definition) is 2. The van der Waals surface area contributed by atoms with Gasteiger partial charge in [0.1, 0.15) is 0 Å². The second-order valence-electron chi connectivity index (χ2n) is 4.15. The number of aromatic nitrogens is 2. The number of hydrogen-bond donors (Lipinski definition) is 0. The maximum Gasteiger partial charge on any atom is 0.211 e. The van der Waals surface area contributed by atoms with E-state index in [0.717, 1.165) is 27.8 Å². The molecule has 0 saturated carbocycles. The molecule has 0 spiro atoms. The summed E-state index contributed by atoms with van der Waals surface area (Å²) in [6.07, 6.45) is 3.40. The Balaban J connectivity index is 2.22. The fourth-order valence-corrected chi connectivity index (χ4v) is 2.48. The van der Waals surface area contributed by atoms with Gasteiger partial charge in [0.15, 0.2) is 0 Å². The van der Waals surface area contributed by atoms with Crippen LogP contribution in [0.25, 0.3) is 16.6 Å². The molecule has 1 aliphatic rings. The molecular weight excluding hydrogens is 212 g/mol. The molecule has 0 N–H and O–H groups in total. The smallest absolute Gasteiger partial charge is 0.211 e. The standard InChI is InChI=1S/C14H8N2O/c17-14-10-5-6-15-8-13(10)16-11-4-2-1-3-9(11)7-12(14)16/h1-8H. The summed E-state index contributed by atoms with van der Waals surface area (Å²) in [5.41, 5.74) is 3.41. The highest BCUT2D eigenvalue weighted by Crippen LogP contribution is 2.33. The van der Waals surface area contributed by atoms with E-state index in [1.54, 1.807) is 18.5 Å². The van der Waals surface area contributed by atoms with E-state index in [2.05, 4.69) is 4.98 Å². The van der Waals surface area contributed by atoms with Crippen LogP contribution in [0.4, 0.5) is 0 Å². The second-order valence-corrected chi connectivity index (χ2v) is 4.15. The highest BCUT2D eigenvalue weighted by Gasteiger charge is 2.28. The number of fused-ring (bicyclic) bond motifs is 5. The van der Waals surface area contributed by atoms with Crippen molar-refractivity contribution >= 4 is 16.7 Å². The van der Waals surface area contributed by atoms with E-state index in [1.165, 1.54) is 0 Å². The summed E-state index contributed by atoms with van der Waals surface area (Å²) in [4.78, 5) is 16.3. The van der Waals surface area contributed by atoms with Crippen molar-refractivity contribution in [3.8, 4) is 5.69 Å². The van der Waals surface area contributed by atoms with Crippen molar-refractivity contribution in [1.82, 2.24) is 9.55 Å². The van der Waals surface area contributed by atoms with Crippen LogP contribution < -0.4 is 0 Å². The molecule has 80 valence electrons. The number of pyridine rings is 1. The summed E-state index contributed by atoms with van der Waals surface area (Å²) in [5.74, 6) is 0.0820. The number of benzene rings is 1. The van der Waals surface area contributed by atoms with Crippen molar-refractivity contribution in [1.29, 1.82) is 0 Å². The van der Waals surface area contributed by atoms with E-state index < -0.39 is 0 Å². The Morgan fingerprint density at radius 1 is 1.12 bits per heavy atom. The molecule has 0 bridgehead atoms. The van der Waals surface area contributed by atoms with Gasteiger partial charge in [-0.25, -0.2) is 0 Å². The molecular formula is C14H8N2O. The third kappa shape index (κ3) is 0.959. The van der Waals surface area contributed by atoms with E-state index in [-0.39, 0.29) is 5.78 Å². The van der Waals surface area contributed by atoms with E-state index in [0.29, 0.717) is 0 Å². The molecule has 17 heavy (non-hydrogen) atoms. The van der Waals surface area contributed by atoms with Gasteiger partial charge in [0.25, 0.3) is 0 Å². The minimum Gasteiger partial charge on any atom is -0.304 e. The van der Waals surface area contributed by atoms with Gasteiger partial charge >= 0.3 is 0 Å². The van der Waals surface area contributed by atoms with Crippen LogP contribution in [0.2, 0.25) is 0 Å². The van der Waals surface area contributed by atoms with Crippen LogP contribution in [0.1, 0.15) is 16.1 Å². The minimum absolute atomic E-state index is 0.0820. The van der Waals surface area contributed by atoms with Crippen LogP contribution in [-0.2, 0) is 0 Å². The van der Waals surface area contributed by atoms with Crippen LogP contribution in [0.5, 0.6) is 0 Å². The van der Waals surface area contributed by atoms with Crippen molar-refractivity contribution < 1.29 is 4.79 Å². The summed E-state index contributed by atoms with van der Waals surface area (Å²) in [7, 11) is 0. The zero-order chi connectivity index (χ0) is 11.4. The molecule has 2 aromatic heterocycles. The van der Waals surface area contributed by atoms with Crippen molar-refractivity contribution in [2.75, 3.05) is 0 Å². The van der Waals surface area contributed by atoms with E-state index in [9.17, 15) is 4.79 Å². The first-order valence-electron chi connectivity index (χ1n) is 5.46. The normalized spacial score (nSPS) is 12.8. The van der Waals surface area contributed by atoms with Crippen molar-refractivity contribution in [2.45, 2.75) is 0 Å². The number of nitrogens with zero attached hydrogens (tertiary/aromatic N) is 2. The lowest BCUT2D eigenvalue weighted by molar-refractivity contribution is 0.104. The zero-order valence-corrected chi connectivity index (χ0v) is 8.92. The van der Waals surface area contributed by atoms with Gasteiger partial charge < -0.3 is 4.57 Å². The van der Waals surface area contributed by atoms with Gasteiger partial charge in [-0.05, 0) is 18.2 Å². The Kier molecular flexibility index (Phi) is 1.45. The Bertz CT molecular complexity index is 771. The average Bonchev–Trinajstić information content (AvgIpc) is 2.88. The maximum atomic E-state index is 12.2. The third-order valence-corrected chi connectivity index (χ3v) is 3.23. The Morgan fingerprint density at radius 3 is 2.94 bits per heavy atom. The summed E-state index contributed by atoms with van der Waals surface area (Å²) in [5, 5.41) is 1.09. The highest BCUT2D eigenvalue weighted by atomic mass is 16.1. The monoisotopic (exact) mass is 220 g/mol. The molecule has 3 heteroatoms. The Morgan fingerprint density at radius 2 is 2.00 bits per heavy atom. The molecule has 4 rings (SSSR count). The predicted octanol–water partition coefficient (Wildman–Crippen LogP) is 2.57. The molecule has 3 nitrogen and oxygen atoms in total. The van der Waals surface area contributed by atoms with Crippen molar-refractivity contribution in [2.24, 2.45) is 0 Å². The van der Waals surface area contributed by atoms with Crippen molar-refractivity contribution in [3.63, 3.8) is 0 Å². The van der Waals surface area contributed by atoms with E-state index >= 15 is 0 Å². The topological polar surface area (TPSA) is 34.9 Å². The number of ketones is 1. The van der Waals surface area contributed by atoms with Gasteiger partial charge in [-0.3, -0.25) is 9.78 Å². The lowest BCUT2D eigenvalue weighted by atomic mass is 10.1. The molecule has 0 amide bonds. The second kappa shape index (κ2) is 2.83. The average molecular weight is 220 g/mol. The SMILES string of the molecule is O=C1c2ccncc2-n2c1cc1ccccc12. The molecule has 0 saturated heterocycles. The first-order chi connectivity index (χ1) is 8.36. The molecule has 0 atom stereocenters. The fraction of sp³-hybridized carbons (Fsp3) is 0.